The number of amides is 1. The lowest BCUT2D eigenvalue weighted by atomic mass is 10.0. The number of rotatable bonds is 6. The van der Waals surface area contributed by atoms with E-state index in [-0.39, 0.29) is 18.3 Å². The van der Waals surface area contributed by atoms with Crippen LogP contribution in [0.5, 0.6) is 0 Å². The molecule has 0 aliphatic heterocycles. The number of anilines is 1. The lowest BCUT2D eigenvalue weighted by Gasteiger charge is -2.09. The van der Waals surface area contributed by atoms with E-state index in [1.807, 2.05) is 32.9 Å². The van der Waals surface area contributed by atoms with E-state index in [2.05, 4.69) is 20.5 Å². The zero-order valence-electron chi connectivity index (χ0n) is 20.4. The maximum atomic E-state index is 13.4. The molecule has 0 saturated carbocycles. The molecule has 5 rings (SSSR count). The number of nitrogens with one attached hydrogen (secondary N) is 1. The van der Waals surface area contributed by atoms with Crippen LogP contribution in [0.15, 0.2) is 54.7 Å². The molecule has 7 nitrogen and oxygen atoms in total. The monoisotopic (exact) mass is 536 g/mol. The van der Waals surface area contributed by atoms with Gasteiger partial charge in [0.2, 0.25) is 5.91 Å². The van der Waals surface area contributed by atoms with Crippen molar-refractivity contribution in [3.8, 4) is 11.1 Å². The van der Waals surface area contributed by atoms with Crippen molar-refractivity contribution >= 4 is 45.8 Å². The van der Waals surface area contributed by atoms with Gasteiger partial charge in [0, 0.05) is 21.6 Å². The van der Waals surface area contributed by atoms with Crippen molar-refractivity contribution in [1.82, 2.24) is 24.5 Å². The highest BCUT2D eigenvalue weighted by Gasteiger charge is 2.19. The van der Waals surface area contributed by atoms with Gasteiger partial charge in [-0.1, -0.05) is 41.4 Å². The number of benzene rings is 2. The van der Waals surface area contributed by atoms with E-state index in [0.717, 1.165) is 33.5 Å². The number of halogens is 3. The molecule has 3 heterocycles. The van der Waals surface area contributed by atoms with Gasteiger partial charge in [0.25, 0.3) is 0 Å². The lowest BCUT2D eigenvalue weighted by molar-refractivity contribution is -0.116. The van der Waals surface area contributed by atoms with E-state index in [0.29, 0.717) is 33.6 Å². The highest BCUT2D eigenvalue weighted by atomic mass is 35.5. The van der Waals surface area contributed by atoms with Gasteiger partial charge in [-0.25, -0.2) is 14.1 Å². The highest BCUT2D eigenvalue weighted by molar-refractivity contribution is 6.35. The zero-order valence-corrected chi connectivity index (χ0v) is 21.9. The molecule has 0 saturated heterocycles. The average molecular weight is 537 g/mol. The van der Waals surface area contributed by atoms with Gasteiger partial charge in [-0.2, -0.15) is 10.2 Å². The smallest absolute Gasteiger partial charge is 0.246 e. The SMILES string of the molecule is Cc1nn(Cc2ccc(Cl)cc2Cl)c(C)c1NC(=O)Cn1nc(C)c2c(-c3ccc(F)cc3)ccnc21. The Hall–Kier alpha value is -3.75. The summed E-state index contributed by atoms with van der Waals surface area (Å²) in [7, 11) is 0. The molecule has 0 unspecified atom stereocenters. The van der Waals surface area contributed by atoms with E-state index in [4.69, 9.17) is 23.2 Å². The zero-order chi connectivity index (χ0) is 26.3. The molecule has 37 heavy (non-hydrogen) atoms. The predicted molar refractivity (Wildman–Crippen MR) is 144 cm³/mol. The fourth-order valence-corrected chi connectivity index (χ4v) is 4.89. The summed E-state index contributed by atoms with van der Waals surface area (Å²) in [6, 6.07) is 13.5. The van der Waals surface area contributed by atoms with Gasteiger partial charge in [0.15, 0.2) is 5.65 Å². The van der Waals surface area contributed by atoms with Crippen LogP contribution in [0.4, 0.5) is 10.1 Å². The fraction of sp³-hybridized carbons (Fsp3) is 0.185. The highest BCUT2D eigenvalue weighted by Crippen LogP contribution is 2.30. The number of nitrogens with zero attached hydrogens (tertiary/aromatic N) is 5. The molecule has 0 bridgehead atoms. The van der Waals surface area contributed by atoms with Crippen LogP contribution in [0.25, 0.3) is 22.2 Å². The first-order valence-electron chi connectivity index (χ1n) is 11.6. The summed E-state index contributed by atoms with van der Waals surface area (Å²) in [5.74, 6) is -0.558. The third-order valence-electron chi connectivity index (χ3n) is 6.24. The van der Waals surface area contributed by atoms with Crippen molar-refractivity contribution in [2.75, 3.05) is 5.32 Å². The summed E-state index contributed by atoms with van der Waals surface area (Å²) >= 11 is 12.3. The Kier molecular flexibility index (Phi) is 6.70. The molecule has 0 aliphatic rings. The third-order valence-corrected chi connectivity index (χ3v) is 6.82. The molecule has 0 spiro atoms. The molecule has 1 amide bonds. The van der Waals surface area contributed by atoms with Gasteiger partial charge in [-0.05, 0) is 67.8 Å². The van der Waals surface area contributed by atoms with E-state index in [1.165, 1.54) is 12.1 Å². The standard InChI is InChI=1S/C27H23Cl2FN6O/c1-15-25-22(18-5-8-21(30)9-6-18)10-11-31-27(25)36(33-15)14-24(37)32-26-16(2)34-35(17(26)3)13-19-4-7-20(28)12-23(19)29/h4-12H,13-14H2,1-3H3,(H,32,37). The number of hydrogen-bond donors (Lipinski definition) is 1. The Morgan fingerprint density at radius 1 is 0.973 bits per heavy atom. The van der Waals surface area contributed by atoms with Crippen LogP contribution in [-0.2, 0) is 17.9 Å². The maximum absolute atomic E-state index is 13.4. The summed E-state index contributed by atoms with van der Waals surface area (Å²) in [5.41, 5.74) is 6.04. The van der Waals surface area contributed by atoms with Gasteiger partial charge in [0.1, 0.15) is 12.4 Å². The first-order chi connectivity index (χ1) is 17.7. The number of aryl methyl sites for hydroxylation is 2. The quantitative estimate of drug-likeness (QED) is 0.274. The summed E-state index contributed by atoms with van der Waals surface area (Å²) in [5, 5.41) is 14.1. The van der Waals surface area contributed by atoms with Crippen LogP contribution in [0.3, 0.4) is 0 Å². The minimum absolute atomic E-state index is 0.0305. The largest absolute Gasteiger partial charge is 0.321 e. The van der Waals surface area contributed by atoms with Crippen LogP contribution >= 0.6 is 23.2 Å². The van der Waals surface area contributed by atoms with E-state index in [1.54, 1.807) is 39.8 Å². The van der Waals surface area contributed by atoms with Crippen LogP contribution in [0.1, 0.15) is 22.6 Å². The summed E-state index contributed by atoms with van der Waals surface area (Å²) in [6.45, 7) is 6.01. The lowest BCUT2D eigenvalue weighted by Crippen LogP contribution is -2.20. The minimum atomic E-state index is -0.302. The topological polar surface area (TPSA) is 77.6 Å². The van der Waals surface area contributed by atoms with Gasteiger partial charge in [0.05, 0.1) is 29.3 Å². The predicted octanol–water partition coefficient (Wildman–Crippen LogP) is 6.35. The normalized spacial score (nSPS) is 11.3. The van der Waals surface area contributed by atoms with E-state index in [9.17, 15) is 9.18 Å². The Bertz CT molecular complexity index is 1640. The van der Waals surface area contributed by atoms with Gasteiger partial charge < -0.3 is 5.32 Å². The summed E-state index contributed by atoms with van der Waals surface area (Å²) in [4.78, 5) is 17.6. The van der Waals surface area contributed by atoms with E-state index >= 15 is 0 Å². The fourth-order valence-electron chi connectivity index (χ4n) is 4.42. The second-order valence-corrected chi connectivity index (χ2v) is 9.64. The van der Waals surface area contributed by atoms with Crippen molar-refractivity contribution in [2.45, 2.75) is 33.9 Å². The van der Waals surface area contributed by atoms with Crippen molar-refractivity contribution in [3.05, 3.63) is 93.2 Å². The number of aromatic nitrogens is 5. The first kappa shape index (κ1) is 24.9. The van der Waals surface area contributed by atoms with Crippen LogP contribution in [0.2, 0.25) is 10.0 Å². The Morgan fingerprint density at radius 3 is 2.43 bits per heavy atom. The molecular weight excluding hydrogens is 514 g/mol. The number of hydrogen-bond acceptors (Lipinski definition) is 4. The molecule has 0 radical (unpaired) electrons. The van der Waals surface area contributed by atoms with Crippen LogP contribution in [-0.4, -0.2) is 30.5 Å². The molecule has 2 aromatic carbocycles. The Labute approximate surface area is 222 Å². The number of carbonyl (C=O) groups is 1. The second kappa shape index (κ2) is 9.95. The molecule has 5 aromatic rings. The summed E-state index contributed by atoms with van der Waals surface area (Å²) < 4.78 is 16.8. The number of pyridine rings is 1. The van der Waals surface area contributed by atoms with Gasteiger partial charge in [-0.3, -0.25) is 9.48 Å². The molecular formula is C27H23Cl2FN6O. The molecule has 3 aromatic heterocycles. The summed E-state index contributed by atoms with van der Waals surface area (Å²) in [6.07, 6.45) is 1.66. The minimum Gasteiger partial charge on any atom is -0.321 e. The molecule has 0 atom stereocenters. The maximum Gasteiger partial charge on any atom is 0.246 e. The van der Waals surface area contributed by atoms with Crippen LogP contribution < -0.4 is 5.32 Å². The number of fused-ring (bicyclic) bond motifs is 1. The molecule has 1 N–H and O–H groups in total. The van der Waals surface area contributed by atoms with Gasteiger partial charge in [-0.15, -0.1) is 0 Å². The van der Waals surface area contributed by atoms with Crippen molar-refractivity contribution < 1.29 is 9.18 Å². The molecule has 188 valence electrons. The second-order valence-electron chi connectivity index (χ2n) is 8.79. The third kappa shape index (κ3) is 4.95. The number of carbonyl (C=O) groups excluding carboxylic acids is 1. The Balaban J connectivity index is 1.38. The molecule has 0 aliphatic carbocycles. The molecule has 0 fully saturated rings. The Morgan fingerprint density at radius 2 is 1.70 bits per heavy atom. The van der Waals surface area contributed by atoms with Crippen LogP contribution in [0, 0.1) is 26.6 Å². The van der Waals surface area contributed by atoms with Crippen molar-refractivity contribution in [2.24, 2.45) is 0 Å². The van der Waals surface area contributed by atoms with E-state index < -0.39 is 0 Å². The molecule has 10 heteroatoms. The van der Waals surface area contributed by atoms with Crippen molar-refractivity contribution in [3.63, 3.8) is 0 Å². The van der Waals surface area contributed by atoms with Gasteiger partial charge >= 0.3 is 0 Å². The first-order valence-corrected chi connectivity index (χ1v) is 12.3. The average Bonchev–Trinajstić information content (AvgIpc) is 3.31. The van der Waals surface area contributed by atoms with Crippen molar-refractivity contribution in [1.29, 1.82) is 0 Å².